The lowest BCUT2D eigenvalue weighted by molar-refractivity contribution is 0.246. The van der Waals surface area contributed by atoms with E-state index in [-0.39, 0.29) is 11.9 Å². The van der Waals surface area contributed by atoms with E-state index in [1.807, 2.05) is 18.2 Å². The van der Waals surface area contributed by atoms with E-state index in [9.17, 15) is 4.39 Å². The molecule has 19 heavy (non-hydrogen) atoms. The standard InChI is InChI=1S/C15H13ClFNO/c16-11-5-6-14(13(17)8-11)18-9-12-7-10-3-1-2-4-15(10)19-12/h1-6,8,12,18H,7,9H2. The molecule has 0 saturated heterocycles. The molecule has 0 saturated carbocycles. The fourth-order valence-electron chi connectivity index (χ4n) is 2.22. The Hall–Kier alpha value is -1.74. The smallest absolute Gasteiger partial charge is 0.147 e. The van der Waals surface area contributed by atoms with Gasteiger partial charge in [-0.15, -0.1) is 0 Å². The Bertz CT molecular complexity index is 577. The van der Waals surface area contributed by atoms with Crippen molar-refractivity contribution in [2.75, 3.05) is 11.9 Å². The van der Waals surface area contributed by atoms with Crippen molar-refractivity contribution in [3.8, 4) is 5.75 Å². The zero-order valence-electron chi connectivity index (χ0n) is 10.2. The summed E-state index contributed by atoms with van der Waals surface area (Å²) in [6.45, 7) is 0.563. The molecule has 1 N–H and O–H groups in total. The van der Waals surface area contributed by atoms with Gasteiger partial charge < -0.3 is 10.1 Å². The van der Waals surface area contributed by atoms with Crippen LogP contribution in [-0.4, -0.2) is 12.6 Å². The van der Waals surface area contributed by atoms with Gasteiger partial charge in [0.05, 0.1) is 12.2 Å². The molecule has 1 aliphatic rings. The molecule has 0 spiro atoms. The van der Waals surface area contributed by atoms with E-state index in [0.717, 1.165) is 12.2 Å². The van der Waals surface area contributed by atoms with Gasteiger partial charge in [-0.05, 0) is 29.8 Å². The van der Waals surface area contributed by atoms with Gasteiger partial charge >= 0.3 is 0 Å². The minimum atomic E-state index is -0.344. The van der Waals surface area contributed by atoms with Gasteiger partial charge in [-0.3, -0.25) is 0 Å². The molecule has 1 heterocycles. The van der Waals surface area contributed by atoms with Crippen molar-refractivity contribution < 1.29 is 9.13 Å². The first-order valence-electron chi connectivity index (χ1n) is 6.16. The Morgan fingerprint density at radius 3 is 2.89 bits per heavy atom. The normalized spacial score (nSPS) is 16.8. The highest BCUT2D eigenvalue weighted by Crippen LogP contribution is 2.28. The first-order chi connectivity index (χ1) is 9.22. The second kappa shape index (κ2) is 5.10. The Labute approximate surface area is 116 Å². The number of fused-ring (bicyclic) bond motifs is 1. The van der Waals surface area contributed by atoms with Gasteiger partial charge in [-0.2, -0.15) is 0 Å². The van der Waals surface area contributed by atoms with Crippen LogP contribution in [0.5, 0.6) is 5.75 Å². The number of hydrogen-bond acceptors (Lipinski definition) is 2. The summed E-state index contributed by atoms with van der Waals surface area (Å²) in [5.74, 6) is 0.578. The summed E-state index contributed by atoms with van der Waals surface area (Å²) in [7, 11) is 0. The lowest BCUT2D eigenvalue weighted by Crippen LogP contribution is -2.24. The van der Waals surface area contributed by atoms with Crippen molar-refractivity contribution in [2.45, 2.75) is 12.5 Å². The van der Waals surface area contributed by atoms with Gasteiger partial charge in [0.2, 0.25) is 0 Å². The van der Waals surface area contributed by atoms with Crippen LogP contribution in [-0.2, 0) is 6.42 Å². The van der Waals surface area contributed by atoms with E-state index in [1.54, 1.807) is 12.1 Å². The van der Waals surface area contributed by atoms with Crippen LogP contribution in [0.1, 0.15) is 5.56 Å². The van der Waals surface area contributed by atoms with Gasteiger partial charge in [-0.1, -0.05) is 29.8 Å². The number of ether oxygens (including phenoxy) is 1. The van der Waals surface area contributed by atoms with E-state index < -0.39 is 0 Å². The van der Waals surface area contributed by atoms with Crippen LogP contribution in [0, 0.1) is 5.82 Å². The molecule has 0 radical (unpaired) electrons. The summed E-state index contributed by atoms with van der Waals surface area (Å²) >= 11 is 5.71. The second-order valence-corrected chi connectivity index (χ2v) is 4.99. The third-order valence-corrected chi connectivity index (χ3v) is 3.40. The molecule has 2 aromatic carbocycles. The summed E-state index contributed by atoms with van der Waals surface area (Å²) in [5, 5.41) is 3.45. The Balaban J connectivity index is 1.63. The van der Waals surface area contributed by atoms with Gasteiger partial charge in [0.1, 0.15) is 17.7 Å². The highest BCUT2D eigenvalue weighted by atomic mass is 35.5. The minimum Gasteiger partial charge on any atom is -0.488 e. The van der Waals surface area contributed by atoms with Crippen molar-refractivity contribution in [3.05, 3.63) is 58.9 Å². The molecule has 0 aromatic heterocycles. The number of nitrogens with one attached hydrogen (secondary N) is 1. The average molecular weight is 278 g/mol. The van der Waals surface area contributed by atoms with Crippen LogP contribution in [0.4, 0.5) is 10.1 Å². The summed E-state index contributed by atoms with van der Waals surface area (Å²) in [5.41, 5.74) is 1.65. The monoisotopic (exact) mass is 277 g/mol. The third-order valence-electron chi connectivity index (χ3n) is 3.17. The van der Waals surface area contributed by atoms with E-state index >= 15 is 0 Å². The molecule has 0 aliphatic carbocycles. The molecule has 4 heteroatoms. The molecule has 1 unspecified atom stereocenters. The molecule has 0 bridgehead atoms. The number of hydrogen-bond donors (Lipinski definition) is 1. The molecule has 2 nitrogen and oxygen atoms in total. The lowest BCUT2D eigenvalue weighted by Gasteiger charge is -2.13. The third kappa shape index (κ3) is 2.66. The average Bonchev–Trinajstić information content (AvgIpc) is 2.80. The molecule has 0 amide bonds. The first kappa shape index (κ1) is 12.3. The first-order valence-corrected chi connectivity index (χ1v) is 6.53. The van der Waals surface area contributed by atoms with Crippen LogP contribution in [0.25, 0.3) is 0 Å². The van der Waals surface area contributed by atoms with Crippen molar-refractivity contribution in [2.24, 2.45) is 0 Å². The van der Waals surface area contributed by atoms with Gasteiger partial charge in [0.25, 0.3) is 0 Å². The minimum absolute atomic E-state index is 0.0347. The Morgan fingerprint density at radius 1 is 1.26 bits per heavy atom. The van der Waals surface area contributed by atoms with E-state index in [2.05, 4.69) is 11.4 Å². The maximum atomic E-state index is 13.6. The Morgan fingerprint density at radius 2 is 2.11 bits per heavy atom. The van der Waals surface area contributed by atoms with Crippen molar-refractivity contribution >= 4 is 17.3 Å². The fourth-order valence-corrected chi connectivity index (χ4v) is 2.38. The van der Waals surface area contributed by atoms with Crippen molar-refractivity contribution in [1.82, 2.24) is 0 Å². The SMILES string of the molecule is Fc1cc(Cl)ccc1NCC1Cc2ccccc2O1. The second-order valence-electron chi connectivity index (χ2n) is 4.56. The number of rotatable bonds is 3. The molecule has 98 valence electrons. The van der Waals surface area contributed by atoms with Crippen molar-refractivity contribution in [1.29, 1.82) is 0 Å². The fraction of sp³-hybridized carbons (Fsp3) is 0.200. The number of para-hydroxylation sites is 1. The summed E-state index contributed by atoms with van der Waals surface area (Å²) < 4.78 is 19.4. The van der Waals surface area contributed by atoms with Crippen LogP contribution in [0.3, 0.4) is 0 Å². The van der Waals surface area contributed by atoms with Gasteiger partial charge in [-0.25, -0.2) is 4.39 Å². The molecule has 0 fully saturated rings. The van der Waals surface area contributed by atoms with Crippen molar-refractivity contribution in [3.63, 3.8) is 0 Å². The van der Waals surface area contributed by atoms with Gasteiger partial charge in [0, 0.05) is 11.4 Å². The molecule has 1 atom stereocenters. The maximum absolute atomic E-state index is 13.6. The molecular weight excluding hydrogens is 265 g/mol. The topological polar surface area (TPSA) is 21.3 Å². The largest absolute Gasteiger partial charge is 0.488 e. The van der Waals surface area contributed by atoms with Crippen LogP contribution < -0.4 is 10.1 Å². The quantitative estimate of drug-likeness (QED) is 0.919. The zero-order chi connectivity index (χ0) is 13.2. The Kier molecular flexibility index (Phi) is 3.30. The summed E-state index contributed by atoms with van der Waals surface area (Å²) in [4.78, 5) is 0. The van der Waals surface area contributed by atoms with Crippen LogP contribution >= 0.6 is 11.6 Å². The molecule has 2 aromatic rings. The number of benzene rings is 2. The van der Waals surface area contributed by atoms with E-state index in [1.165, 1.54) is 11.6 Å². The van der Waals surface area contributed by atoms with E-state index in [0.29, 0.717) is 17.3 Å². The maximum Gasteiger partial charge on any atom is 0.147 e. The molecule has 1 aliphatic heterocycles. The van der Waals surface area contributed by atoms with Crippen LogP contribution in [0.15, 0.2) is 42.5 Å². The highest BCUT2D eigenvalue weighted by molar-refractivity contribution is 6.30. The zero-order valence-corrected chi connectivity index (χ0v) is 11.0. The highest BCUT2D eigenvalue weighted by Gasteiger charge is 2.22. The molecular formula is C15H13ClFNO. The lowest BCUT2D eigenvalue weighted by atomic mass is 10.1. The number of halogens is 2. The summed E-state index contributed by atoms with van der Waals surface area (Å²) in [6.07, 6.45) is 0.880. The number of anilines is 1. The molecule has 3 rings (SSSR count). The van der Waals surface area contributed by atoms with E-state index in [4.69, 9.17) is 16.3 Å². The predicted octanol–water partition coefficient (Wildman–Crippen LogP) is 3.89. The summed E-state index contributed by atoms with van der Waals surface area (Å²) in [6, 6.07) is 12.6. The van der Waals surface area contributed by atoms with Crippen LogP contribution in [0.2, 0.25) is 5.02 Å². The predicted molar refractivity (Wildman–Crippen MR) is 74.5 cm³/mol. The van der Waals surface area contributed by atoms with Gasteiger partial charge in [0.15, 0.2) is 0 Å².